The number of benzene rings is 1. The zero-order valence-electron chi connectivity index (χ0n) is 12.1. The van der Waals surface area contributed by atoms with Crippen molar-refractivity contribution in [2.75, 3.05) is 5.32 Å². The molecule has 5 heteroatoms. The minimum absolute atomic E-state index is 0.252. The topological polar surface area (TPSA) is 64.3 Å². The van der Waals surface area contributed by atoms with Crippen LogP contribution in [0.5, 0.6) is 0 Å². The van der Waals surface area contributed by atoms with E-state index in [1.165, 1.54) is 12.1 Å². The molecule has 1 amide bonds. The van der Waals surface area contributed by atoms with Crippen molar-refractivity contribution < 1.29 is 13.9 Å². The van der Waals surface area contributed by atoms with Crippen molar-refractivity contribution in [2.45, 2.75) is 51.2 Å². The Bertz CT molecular complexity index is 519. The van der Waals surface area contributed by atoms with Gasteiger partial charge in [0.1, 0.15) is 11.4 Å². The number of hydrogen-bond donors (Lipinski definition) is 2. The van der Waals surface area contributed by atoms with E-state index in [4.69, 9.17) is 10.5 Å². The number of carbonyl (C=O) groups is 1. The second kappa shape index (κ2) is 5.05. The summed E-state index contributed by atoms with van der Waals surface area (Å²) >= 11 is 0. The number of halogens is 1. The number of amides is 1. The van der Waals surface area contributed by atoms with Crippen molar-refractivity contribution in [2.24, 2.45) is 5.73 Å². The van der Waals surface area contributed by atoms with E-state index >= 15 is 0 Å². The molecule has 1 aliphatic carbocycles. The predicted octanol–water partition coefficient (Wildman–Crippen LogP) is 3.21. The molecule has 0 aliphatic heterocycles. The van der Waals surface area contributed by atoms with Crippen molar-refractivity contribution >= 4 is 11.8 Å². The quantitative estimate of drug-likeness (QED) is 0.893. The number of hydrogen-bond acceptors (Lipinski definition) is 3. The molecule has 2 rings (SSSR count). The molecule has 0 radical (unpaired) electrons. The summed E-state index contributed by atoms with van der Waals surface area (Å²) in [6.07, 6.45) is 1.85. The van der Waals surface area contributed by atoms with Crippen LogP contribution in [0.1, 0.15) is 39.2 Å². The van der Waals surface area contributed by atoms with Crippen molar-refractivity contribution in [3.8, 4) is 0 Å². The van der Waals surface area contributed by atoms with Gasteiger partial charge in [-0.15, -0.1) is 0 Å². The normalized spacial score (nSPS) is 16.6. The summed E-state index contributed by atoms with van der Waals surface area (Å²) < 4.78 is 18.6. The van der Waals surface area contributed by atoms with E-state index in [1.807, 2.05) is 0 Å². The average Bonchev–Trinajstić information content (AvgIpc) is 2.97. The summed E-state index contributed by atoms with van der Waals surface area (Å²) in [7, 11) is 0. The lowest BCUT2D eigenvalue weighted by Crippen LogP contribution is -2.29. The van der Waals surface area contributed by atoms with Crippen LogP contribution in [-0.2, 0) is 11.2 Å². The first-order chi connectivity index (χ1) is 9.17. The summed E-state index contributed by atoms with van der Waals surface area (Å²) in [5.74, 6) is -0.334. The van der Waals surface area contributed by atoms with Crippen LogP contribution in [0.15, 0.2) is 18.2 Å². The fraction of sp³-hybridized carbons (Fsp3) is 0.533. The maximum absolute atomic E-state index is 13.4. The molecule has 4 nitrogen and oxygen atoms in total. The molecule has 20 heavy (non-hydrogen) atoms. The summed E-state index contributed by atoms with van der Waals surface area (Å²) in [5, 5.41) is 2.66. The van der Waals surface area contributed by atoms with Gasteiger partial charge in [0.05, 0.1) is 0 Å². The van der Waals surface area contributed by atoms with Crippen LogP contribution in [-0.4, -0.2) is 17.2 Å². The first-order valence-corrected chi connectivity index (χ1v) is 6.74. The lowest BCUT2D eigenvalue weighted by Gasteiger charge is -2.21. The first-order valence-electron chi connectivity index (χ1n) is 6.74. The molecule has 110 valence electrons. The van der Waals surface area contributed by atoms with Gasteiger partial charge >= 0.3 is 6.09 Å². The fourth-order valence-electron chi connectivity index (χ4n) is 1.96. The van der Waals surface area contributed by atoms with Crippen LogP contribution in [0, 0.1) is 5.82 Å². The van der Waals surface area contributed by atoms with Gasteiger partial charge in [0.2, 0.25) is 0 Å². The summed E-state index contributed by atoms with van der Waals surface area (Å²) in [6.45, 7) is 5.37. The zero-order valence-corrected chi connectivity index (χ0v) is 12.1. The highest BCUT2D eigenvalue weighted by Crippen LogP contribution is 2.37. The molecule has 0 heterocycles. The molecule has 0 unspecified atom stereocenters. The molecule has 0 spiro atoms. The van der Waals surface area contributed by atoms with Crippen molar-refractivity contribution in [1.82, 2.24) is 0 Å². The molecular weight excluding hydrogens is 259 g/mol. The second-order valence-corrected chi connectivity index (χ2v) is 6.47. The molecule has 3 N–H and O–H groups in total. The SMILES string of the molecule is CC(C)(C)OC(=O)Nc1ccc(F)cc1CC1(N)CC1. The molecule has 0 atom stereocenters. The van der Waals surface area contributed by atoms with Gasteiger partial charge < -0.3 is 10.5 Å². The minimum Gasteiger partial charge on any atom is -0.444 e. The van der Waals surface area contributed by atoms with Gasteiger partial charge in [0, 0.05) is 11.2 Å². The van der Waals surface area contributed by atoms with E-state index in [1.54, 1.807) is 26.8 Å². The molecule has 1 fully saturated rings. The lowest BCUT2D eigenvalue weighted by molar-refractivity contribution is 0.0635. The highest BCUT2D eigenvalue weighted by atomic mass is 19.1. The molecule has 1 aromatic carbocycles. The highest BCUT2D eigenvalue weighted by Gasteiger charge is 2.38. The van der Waals surface area contributed by atoms with E-state index in [9.17, 15) is 9.18 Å². The summed E-state index contributed by atoms with van der Waals surface area (Å²) in [4.78, 5) is 11.8. The molecular formula is C15H21FN2O2. The zero-order chi connectivity index (χ0) is 15.0. The predicted molar refractivity (Wildman–Crippen MR) is 76.1 cm³/mol. The van der Waals surface area contributed by atoms with Gasteiger partial charge in [-0.25, -0.2) is 9.18 Å². The fourth-order valence-corrected chi connectivity index (χ4v) is 1.96. The maximum atomic E-state index is 13.4. The third-order valence-corrected chi connectivity index (χ3v) is 3.14. The van der Waals surface area contributed by atoms with E-state index in [0.29, 0.717) is 17.7 Å². The number of nitrogens with one attached hydrogen (secondary N) is 1. The Balaban J connectivity index is 2.12. The van der Waals surface area contributed by atoms with Gasteiger partial charge in [-0.1, -0.05) is 0 Å². The van der Waals surface area contributed by atoms with Crippen LogP contribution >= 0.6 is 0 Å². The Hall–Kier alpha value is -1.62. The van der Waals surface area contributed by atoms with Gasteiger partial charge in [-0.05, 0) is 63.8 Å². The van der Waals surface area contributed by atoms with Crippen molar-refractivity contribution in [1.29, 1.82) is 0 Å². The number of anilines is 1. The first kappa shape index (κ1) is 14.8. The Morgan fingerprint density at radius 2 is 2.10 bits per heavy atom. The van der Waals surface area contributed by atoms with Gasteiger partial charge in [-0.2, -0.15) is 0 Å². The lowest BCUT2D eigenvalue weighted by atomic mass is 10.0. The second-order valence-electron chi connectivity index (χ2n) is 6.47. The van der Waals surface area contributed by atoms with E-state index < -0.39 is 11.7 Å². The van der Waals surface area contributed by atoms with Crippen LogP contribution in [0.25, 0.3) is 0 Å². The minimum atomic E-state index is -0.574. The highest BCUT2D eigenvalue weighted by molar-refractivity contribution is 5.86. The number of nitrogens with two attached hydrogens (primary N) is 1. The smallest absolute Gasteiger partial charge is 0.412 e. The van der Waals surface area contributed by atoms with Gasteiger partial charge in [0.25, 0.3) is 0 Å². The van der Waals surface area contributed by atoms with Gasteiger partial charge in [0.15, 0.2) is 0 Å². The third kappa shape index (κ3) is 4.20. The Morgan fingerprint density at radius 1 is 1.45 bits per heavy atom. The summed E-state index contributed by atoms with van der Waals surface area (Å²) in [6, 6.07) is 4.27. The molecule has 0 bridgehead atoms. The average molecular weight is 280 g/mol. The number of ether oxygens (including phenoxy) is 1. The standard InChI is InChI=1S/C15H21FN2O2/c1-14(2,3)20-13(19)18-12-5-4-11(16)8-10(12)9-15(17)6-7-15/h4-5,8H,6-7,9,17H2,1-3H3,(H,18,19). The molecule has 0 aromatic heterocycles. The van der Waals surface area contributed by atoms with Crippen molar-refractivity contribution in [3.63, 3.8) is 0 Å². The molecule has 1 aromatic rings. The summed E-state index contributed by atoms with van der Waals surface area (Å²) in [5.41, 5.74) is 6.50. The molecule has 0 saturated heterocycles. The van der Waals surface area contributed by atoms with Gasteiger partial charge in [-0.3, -0.25) is 5.32 Å². The number of carbonyl (C=O) groups excluding carboxylic acids is 1. The van der Waals surface area contributed by atoms with E-state index in [-0.39, 0.29) is 11.4 Å². The maximum Gasteiger partial charge on any atom is 0.412 e. The Kier molecular flexibility index (Phi) is 3.73. The van der Waals surface area contributed by atoms with E-state index in [2.05, 4.69) is 5.32 Å². The molecule has 1 aliphatic rings. The number of rotatable bonds is 3. The molecule has 1 saturated carbocycles. The Labute approximate surface area is 118 Å². The Morgan fingerprint density at radius 3 is 2.65 bits per heavy atom. The van der Waals surface area contributed by atoms with Crippen molar-refractivity contribution in [3.05, 3.63) is 29.6 Å². The monoisotopic (exact) mass is 280 g/mol. The van der Waals surface area contributed by atoms with E-state index in [0.717, 1.165) is 12.8 Å². The van der Waals surface area contributed by atoms with Crippen LogP contribution < -0.4 is 11.1 Å². The van der Waals surface area contributed by atoms with Crippen LogP contribution in [0.2, 0.25) is 0 Å². The van der Waals surface area contributed by atoms with Crippen LogP contribution in [0.3, 0.4) is 0 Å². The van der Waals surface area contributed by atoms with Crippen LogP contribution in [0.4, 0.5) is 14.9 Å². The largest absolute Gasteiger partial charge is 0.444 e. The third-order valence-electron chi connectivity index (χ3n) is 3.14.